The van der Waals surface area contributed by atoms with Gasteiger partial charge in [-0.25, -0.2) is 4.79 Å². The highest BCUT2D eigenvalue weighted by Gasteiger charge is 2.25. The molecular formula is C53H90NO8+. The van der Waals surface area contributed by atoms with Crippen molar-refractivity contribution in [3.8, 4) is 0 Å². The molecular weight excluding hydrogens is 779 g/mol. The molecule has 0 aliphatic heterocycles. The topological polar surface area (TPSA) is 108 Å². The molecule has 0 heterocycles. The van der Waals surface area contributed by atoms with Gasteiger partial charge in [-0.2, -0.15) is 0 Å². The second-order valence-electron chi connectivity index (χ2n) is 17.0. The number of aliphatic carboxylic acids is 1. The lowest BCUT2D eigenvalue weighted by atomic mass is 10.1. The molecule has 0 aromatic heterocycles. The van der Waals surface area contributed by atoms with Gasteiger partial charge in [0, 0.05) is 12.8 Å². The fourth-order valence-corrected chi connectivity index (χ4v) is 6.17. The van der Waals surface area contributed by atoms with Crippen molar-refractivity contribution >= 4 is 17.9 Å². The minimum atomic E-state index is -1.51. The number of carboxylic acid groups (broad SMARTS) is 1. The van der Waals surface area contributed by atoms with Crippen molar-refractivity contribution in [2.75, 3.05) is 47.5 Å². The van der Waals surface area contributed by atoms with E-state index in [0.717, 1.165) is 89.9 Å². The van der Waals surface area contributed by atoms with Gasteiger partial charge in [0.2, 0.25) is 0 Å². The maximum Gasteiger partial charge on any atom is 0.361 e. The van der Waals surface area contributed by atoms with E-state index >= 15 is 0 Å². The van der Waals surface area contributed by atoms with E-state index in [2.05, 4.69) is 98.9 Å². The first-order valence-corrected chi connectivity index (χ1v) is 24.3. The zero-order chi connectivity index (χ0) is 45.6. The quantitative estimate of drug-likeness (QED) is 0.0212. The number of likely N-dealkylation sites (N-methyl/N-ethyl adjacent to an activating group) is 1. The fraction of sp³-hybridized carbons (Fsp3) is 0.679. The minimum Gasteiger partial charge on any atom is -0.477 e. The molecule has 0 fully saturated rings. The Morgan fingerprint density at radius 3 is 1.37 bits per heavy atom. The first-order valence-electron chi connectivity index (χ1n) is 24.3. The van der Waals surface area contributed by atoms with Crippen molar-refractivity contribution in [1.82, 2.24) is 0 Å². The highest BCUT2D eigenvalue weighted by molar-refractivity contribution is 5.71. The lowest BCUT2D eigenvalue weighted by Gasteiger charge is -2.25. The molecule has 0 spiro atoms. The summed E-state index contributed by atoms with van der Waals surface area (Å²) in [6.45, 7) is 4.69. The summed E-state index contributed by atoms with van der Waals surface area (Å²) < 4.78 is 22.7. The van der Waals surface area contributed by atoms with E-state index in [1.807, 2.05) is 21.1 Å². The van der Waals surface area contributed by atoms with E-state index < -0.39 is 24.3 Å². The summed E-state index contributed by atoms with van der Waals surface area (Å²) in [6.07, 6.45) is 53.8. The van der Waals surface area contributed by atoms with Crippen LogP contribution in [0.25, 0.3) is 0 Å². The maximum atomic E-state index is 12.8. The number of nitrogens with zero attached hydrogens (tertiary/aromatic N) is 1. The van der Waals surface area contributed by atoms with Crippen LogP contribution < -0.4 is 0 Å². The summed E-state index contributed by atoms with van der Waals surface area (Å²) in [5.41, 5.74) is 0. The number of hydrogen-bond acceptors (Lipinski definition) is 7. The van der Waals surface area contributed by atoms with Gasteiger partial charge in [-0.05, 0) is 70.6 Å². The average molecular weight is 869 g/mol. The molecule has 0 radical (unpaired) electrons. The molecule has 9 heteroatoms. The number of carbonyl (C=O) groups excluding carboxylic acids is 2. The molecule has 0 rings (SSSR count). The largest absolute Gasteiger partial charge is 0.477 e. The zero-order valence-electron chi connectivity index (χ0n) is 40.0. The smallest absolute Gasteiger partial charge is 0.361 e. The summed E-state index contributed by atoms with van der Waals surface area (Å²) in [4.78, 5) is 37.0. The van der Waals surface area contributed by atoms with Gasteiger partial charge >= 0.3 is 17.9 Å². The Labute approximate surface area is 379 Å². The lowest BCUT2D eigenvalue weighted by Crippen LogP contribution is -2.40. The average Bonchev–Trinajstić information content (AvgIpc) is 3.23. The number of ether oxygens (including phenoxy) is 4. The molecule has 0 amide bonds. The molecule has 0 bridgehead atoms. The molecule has 0 aliphatic carbocycles. The van der Waals surface area contributed by atoms with Crippen LogP contribution in [-0.4, -0.2) is 87.4 Å². The van der Waals surface area contributed by atoms with Crippen molar-refractivity contribution in [1.29, 1.82) is 0 Å². The predicted octanol–water partition coefficient (Wildman–Crippen LogP) is 13.3. The van der Waals surface area contributed by atoms with Crippen molar-refractivity contribution in [2.45, 2.75) is 187 Å². The third kappa shape index (κ3) is 44.5. The van der Waals surface area contributed by atoms with Gasteiger partial charge in [0.15, 0.2) is 6.10 Å². The molecule has 0 saturated heterocycles. The van der Waals surface area contributed by atoms with Gasteiger partial charge in [-0.1, -0.05) is 176 Å². The Kier molecular flexibility index (Phi) is 41.6. The molecule has 62 heavy (non-hydrogen) atoms. The Morgan fingerprint density at radius 1 is 0.500 bits per heavy atom. The van der Waals surface area contributed by atoms with Crippen LogP contribution in [0.15, 0.2) is 85.1 Å². The van der Waals surface area contributed by atoms with Crippen LogP contribution in [0.3, 0.4) is 0 Å². The number of quaternary nitrogens is 1. The Hall–Kier alpha value is -3.53. The summed E-state index contributed by atoms with van der Waals surface area (Å²) >= 11 is 0. The fourth-order valence-electron chi connectivity index (χ4n) is 6.17. The Bertz CT molecular complexity index is 1290. The molecule has 0 aromatic rings. The molecule has 9 nitrogen and oxygen atoms in total. The molecule has 2 unspecified atom stereocenters. The predicted molar refractivity (Wildman–Crippen MR) is 258 cm³/mol. The van der Waals surface area contributed by atoms with Gasteiger partial charge in [-0.3, -0.25) is 9.59 Å². The second-order valence-corrected chi connectivity index (χ2v) is 17.0. The molecule has 0 aliphatic rings. The van der Waals surface area contributed by atoms with Crippen molar-refractivity contribution < 1.29 is 42.9 Å². The van der Waals surface area contributed by atoms with Crippen molar-refractivity contribution in [2.24, 2.45) is 0 Å². The molecule has 1 N–H and O–H groups in total. The van der Waals surface area contributed by atoms with Gasteiger partial charge in [0.25, 0.3) is 6.29 Å². The van der Waals surface area contributed by atoms with Crippen LogP contribution in [0.4, 0.5) is 0 Å². The van der Waals surface area contributed by atoms with Crippen LogP contribution >= 0.6 is 0 Å². The van der Waals surface area contributed by atoms with E-state index in [4.69, 9.17) is 18.9 Å². The van der Waals surface area contributed by atoms with Crippen LogP contribution in [0.1, 0.15) is 174 Å². The summed E-state index contributed by atoms with van der Waals surface area (Å²) in [7, 11) is 5.94. The highest BCUT2D eigenvalue weighted by atomic mass is 16.7. The number of carboxylic acids is 1. The molecule has 0 aromatic carbocycles. The zero-order valence-corrected chi connectivity index (χ0v) is 40.0. The Morgan fingerprint density at radius 2 is 0.919 bits per heavy atom. The number of hydrogen-bond donors (Lipinski definition) is 1. The summed E-state index contributed by atoms with van der Waals surface area (Å²) in [5, 5.41) is 9.62. The third-order valence-corrected chi connectivity index (χ3v) is 9.92. The van der Waals surface area contributed by atoms with Crippen LogP contribution in [0.5, 0.6) is 0 Å². The van der Waals surface area contributed by atoms with Gasteiger partial charge in [0.05, 0.1) is 34.4 Å². The number of unbranched alkanes of at least 4 members (excludes halogenated alkanes) is 14. The van der Waals surface area contributed by atoms with E-state index in [1.54, 1.807) is 0 Å². The maximum absolute atomic E-state index is 12.8. The SMILES string of the molecule is CC/C=C\C/C=C\C/C=C\C/C=C\C/C=C\C/C=C\C/C=C\CCCCCCCCCC(=O)OC(COC(=O)CCCCCCCCCC)COC(OCC[N+](C)(C)C)C(=O)O. The lowest BCUT2D eigenvalue weighted by molar-refractivity contribution is -0.870. The third-order valence-electron chi connectivity index (χ3n) is 9.92. The second kappa shape index (κ2) is 44.1. The highest BCUT2D eigenvalue weighted by Crippen LogP contribution is 2.13. The number of carbonyl (C=O) groups is 3. The van der Waals surface area contributed by atoms with Crippen LogP contribution in [0, 0.1) is 0 Å². The Balaban J connectivity index is 4.26. The molecule has 354 valence electrons. The summed E-state index contributed by atoms with van der Waals surface area (Å²) in [5.74, 6) is -2.04. The number of rotatable bonds is 43. The first kappa shape index (κ1) is 58.5. The van der Waals surface area contributed by atoms with E-state index in [0.29, 0.717) is 23.9 Å². The monoisotopic (exact) mass is 869 g/mol. The minimum absolute atomic E-state index is 0.182. The van der Waals surface area contributed by atoms with E-state index in [-0.39, 0.29) is 32.2 Å². The standard InChI is InChI=1S/C53H89NO8/c1-6-8-10-12-14-16-17-18-19-20-21-22-23-24-25-26-27-28-29-30-31-32-33-34-35-36-38-40-42-44-51(56)62-49(48-61-53(52(57)58)59-46-45-54(3,4)5)47-60-50(55)43-41-39-37-15-13-11-9-7-2/h8,10,14,16,18-19,21-22,24-25,27-28,30-31,49,53H,6-7,9,11-13,15,17,20,23,26,29,32-48H2,1-5H3/p+1/b10-8-,16-14-,19-18-,22-21-,25-24-,28-27-,31-30-. The normalized spacial score (nSPS) is 13.6. The van der Waals surface area contributed by atoms with Crippen molar-refractivity contribution in [3.63, 3.8) is 0 Å². The first-order chi connectivity index (χ1) is 30.1. The van der Waals surface area contributed by atoms with Gasteiger partial charge in [-0.15, -0.1) is 0 Å². The van der Waals surface area contributed by atoms with E-state index in [1.165, 1.54) is 51.4 Å². The van der Waals surface area contributed by atoms with Crippen LogP contribution in [0.2, 0.25) is 0 Å². The number of allylic oxidation sites excluding steroid dienone is 14. The van der Waals surface area contributed by atoms with Crippen molar-refractivity contribution in [3.05, 3.63) is 85.1 Å². The molecule has 2 atom stereocenters. The van der Waals surface area contributed by atoms with Gasteiger partial charge < -0.3 is 28.5 Å². The number of esters is 2. The van der Waals surface area contributed by atoms with E-state index in [9.17, 15) is 19.5 Å². The van der Waals surface area contributed by atoms with Crippen LogP contribution in [-0.2, 0) is 33.3 Å². The molecule has 0 saturated carbocycles. The summed E-state index contributed by atoms with van der Waals surface area (Å²) in [6, 6.07) is 0. The van der Waals surface area contributed by atoms with Gasteiger partial charge in [0.1, 0.15) is 13.2 Å².